The molecule has 1 aromatic rings. The fourth-order valence-corrected chi connectivity index (χ4v) is 4.31. The molecule has 2 nitrogen and oxygen atoms in total. The van der Waals surface area contributed by atoms with Crippen molar-refractivity contribution in [1.82, 2.24) is 10.6 Å². The molecule has 4 atom stereocenters. The maximum absolute atomic E-state index is 6.12. The van der Waals surface area contributed by atoms with Gasteiger partial charge < -0.3 is 10.6 Å². The van der Waals surface area contributed by atoms with Crippen LogP contribution in [0.5, 0.6) is 0 Å². The van der Waals surface area contributed by atoms with Gasteiger partial charge in [0.25, 0.3) is 0 Å². The third-order valence-electron chi connectivity index (χ3n) is 5.25. The first kappa shape index (κ1) is 15.3. The zero-order chi connectivity index (χ0) is 14.7. The number of hydrogen-bond donors (Lipinski definition) is 2. The lowest BCUT2D eigenvalue weighted by atomic mass is 9.88. The van der Waals surface area contributed by atoms with Crippen molar-refractivity contribution in [1.29, 1.82) is 0 Å². The molecule has 1 aromatic carbocycles. The van der Waals surface area contributed by atoms with Gasteiger partial charge in [0, 0.05) is 23.1 Å². The van der Waals surface area contributed by atoms with Gasteiger partial charge in [0.2, 0.25) is 0 Å². The number of halogens is 1. The Balaban J connectivity index is 1.62. The summed E-state index contributed by atoms with van der Waals surface area (Å²) in [5, 5.41) is 8.45. The summed E-state index contributed by atoms with van der Waals surface area (Å²) >= 11 is 6.12. The van der Waals surface area contributed by atoms with E-state index in [-0.39, 0.29) is 0 Å². The van der Waals surface area contributed by atoms with Crippen molar-refractivity contribution in [2.24, 2.45) is 5.92 Å². The lowest BCUT2D eigenvalue weighted by molar-refractivity contribution is 0.248. The molecule has 2 fully saturated rings. The second-order valence-electron chi connectivity index (χ2n) is 6.70. The maximum Gasteiger partial charge on any atom is 0.0409 e. The minimum Gasteiger partial charge on any atom is -0.314 e. The van der Waals surface area contributed by atoms with Crippen molar-refractivity contribution in [2.45, 2.75) is 63.6 Å². The van der Waals surface area contributed by atoms with E-state index in [4.69, 9.17) is 11.6 Å². The second-order valence-corrected chi connectivity index (χ2v) is 7.14. The fraction of sp³-hybridized carbons (Fsp3) is 0.667. The maximum atomic E-state index is 6.12. The number of piperidine rings is 1. The van der Waals surface area contributed by atoms with Crippen LogP contribution < -0.4 is 10.6 Å². The predicted molar refractivity (Wildman–Crippen MR) is 89.8 cm³/mol. The van der Waals surface area contributed by atoms with Gasteiger partial charge in [-0.05, 0) is 62.8 Å². The van der Waals surface area contributed by atoms with Crippen molar-refractivity contribution >= 4 is 11.6 Å². The summed E-state index contributed by atoms with van der Waals surface area (Å²) in [5.41, 5.74) is 1.30. The molecule has 21 heavy (non-hydrogen) atoms. The van der Waals surface area contributed by atoms with Crippen molar-refractivity contribution < 1.29 is 0 Å². The topological polar surface area (TPSA) is 24.1 Å². The van der Waals surface area contributed by atoms with Crippen LogP contribution in [0.4, 0.5) is 0 Å². The van der Waals surface area contributed by atoms with Gasteiger partial charge >= 0.3 is 0 Å². The van der Waals surface area contributed by atoms with Crippen LogP contribution in [0, 0.1) is 5.92 Å². The Morgan fingerprint density at radius 2 is 2.10 bits per heavy atom. The van der Waals surface area contributed by atoms with E-state index in [2.05, 4.69) is 29.7 Å². The molecule has 0 bridgehead atoms. The summed E-state index contributed by atoms with van der Waals surface area (Å²) < 4.78 is 0. The van der Waals surface area contributed by atoms with Crippen LogP contribution in [-0.2, 0) is 0 Å². The van der Waals surface area contributed by atoms with Gasteiger partial charge in [-0.1, -0.05) is 36.6 Å². The van der Waals surface area contributed by atoms with Gasteiger partial charge in [0.05, 0.1) is 0 Å². The third kappa shape index (κ3) is 3.80. The van der Waals surface area contributed by atoms with Crippen LogP contribution >= 0.6 is 11.6 Å². The Kier molecular flexibility index (Phi) is 5.20. The minimum absolute atomic E-state index is 0.373. The lowest BCUT2D eigenvalue weighted by Crippen LogP contribution is -2.47. The molecule has 3 heteroatoms. The summed E-state index contributed by atoms with van der Waals surface area (Å²) in [6.07, 6.45) is 8.15. The van der Waals surface area contributed by atoms with Gasteiger partial charge in [0.15, 0.2) is 0 Å². The predicted octanol–water partition coefficient (Wildman–Crippen LogP) is 4.30. The van der Waals surface area contributed by atoms with Gasteiger partial charge in [-0.2, -0.15) is 0 Å². The van der Waals surface area contributed by atoms with Crippen molar-refractivity contribution in [3.8, 4) is 0 Å². The van der Waals surface area contributed by atoms with Crippen LogP contribution in [0.2, 0.25) is 5.02 Å². The number of hydrogen-bond acceptors (Lipinski definition) is 2. The second kappa shape index (κ2) is 7.13. The molecule has 0 radical (unpaired) electrons. The van der Waals surface area contributed by atoms with Gasteiger partial charge in [0.1, 0.15) is 0 Å². The average Bonchev–Trinajstić information content (AvgIpc) is 2.96. The molecule has 2 N–H and O–H groups in total. The first-order valence-electron chi connectivity index (χ1n) is 8.49. The largest absolute Gasteiger partial charge is 0.314 e. The average molecular weight is 307 g/mol. The van der Waals surface area contributed by atoms with E-state index in [0.717, 1.165) is 17.0 Å². The van der Waals surface area contributed by atoms with Crippen molar-refractivity contribution in [2.75, 3.05) is 6.54 Å². The minimum atomic E-state index is 0.373. The standard InChI is InChI=1S/C18H27ClN2/c1-13(14-6-4-7-15(19)12-14)21-18-10-5-8-16(18)17-9-2-3-11-20-17/h4,6-7,12-13,16-18,20-21H,2-3,5,8-11H2,1H3/t13-,16?,17?,18?/m0/s1. The Hall–Kier alpha value is -0.570. The normalized spacial score (nSPS) is 31.2. The molecule has 0 aromatic heterocycles. The monoisotopic (exact) mass is 306 g/mol. The smallest absolute Gasteiger partial charge is 0.0409 e. The Bertz CT molecular complexity index is 456. The van der Waals surface area contributed by atoms with E-state index in [1.807, 2.05) is 12.1 Å². The van der Waals surface area contributed by atoms with Gasteiger partial charge in [-0.25, -0.2) is 0 Å². The van der Waals surface area contributed by atoms with E-state index in [9.17, 15) is 0 Å². The molecule has 116 valence electrons. The highest BCUT2D eigenvalue weighted by atomic mass is 35.5. The van der Waals surface area contributed by atoms with Crippen LogP contribution in [0.3, 0.4) is 0 Å². The SMILES string of the molecule is C[C@H](NC1CCCC1C1CCCCN1)c1cccc(Cl)c1. The number of nitrogens with one attached hydrogen (secondary N) is 2. The Morgan fingerprint density at radius 3 is 2.86 bits per heavy atom. The molecule has 2 aliphatic rings. The molecule has 1 aliphatic carbocycles. The lowest BCUT2D eigenvalue weighted by Gasteiger charge is -2.34. The van der Waals surface area contributed by atoms with Gasteiger partial charge in [-0.3, -0.25) is 0 Å². The zero-order valence-corrected chi connectivity index (χ0v) is 13.7. The van der Waals surface area contributed by atoms with Crippen LogP contribution in [-0.4, -0.2) is 18.6 Å². The molecule has 0 spiro atoms. The van der Waals surface area contributed by atoms with Gasteiger partial charge in [-0.15, -0.1) is 0 Å². The third-order valence-corrected chi connectivity index (χ3v) is 5.48. The first-order chi connectivity index (χ1) is 10.2. The summed E-state index contributed by atoms with van der Waals surface area (Å²) in [6, 6.07) is 10.00. The Labute approximate surface area is 133 Å². The molecular weight excluding hydrogens is 280 g/mol. The Morgan fingerprint density at radius 1 is 1.19 bits per heavy atom. The summed E-state index contributed by atoms with van der Waals surface area (Å²) in [4.78, 5) is 0. The molecule has 3 rings (SSSR count). The molecule has 0 amide bonds. The number of benzene rings is 1. The van der Waals surface area contributed by atoms with E-state index >= 15 is 0 Å². The highest BCUT2D eigenvalue weighted by Crippen LogP contribution is 2.33. The van der Waals surface area contributed by atoms with Crippen LogP contribution in [0.1, 0.15) is 57.1 Å². The highest BCUT2D eigenvalue weighted by molar-refractivity contribution is 6.30. The summed E-state index contributed by atoms with van der Waals surface area (Å²) in [6.45, 7) is 3.47. The van der Waals surface area contributed by atoms with E-state index in [1.54, 1.807) is 0 Å². The summed E-state index contributed by atoms with van der Waals surface area (Å²) in [7, 11) is 0. The fourth-order valence-electron chi connectivity index (χ4n) is 4.11. The molecular formula is C18H27ClN2. The van der Waals surface area contributed by atoms with Crippen LogP contribution in [0.25, 0.3) is 0 Å². The van der Waals surface area contributed by atoms with E-state index < -0.39 is 0 Å². The molecule has 1 heterocycles. The molecule has 1 saturated heterocycles. The molecule has 1 aliphatic heterocycles. The van der Waals surface area contributed by atoms with E-state index in [0.29, 0.717) is 12.1 Å². The van der Waals surface area contributed by atoms with Crippen LogP contribution in [0.15, 0.2) is 24.3 Å². The molecule has 1 saturated carbocycles. The number of rotatable bonds is 4. The van der Waals surface area contributed by atoms with E-state index in [1.165, 1.54) is 50.6 Å². The van der Waals surface area contributed by atoms with Crippen molar-refractivity contribution in [3.05, 3.63) is 34.9 Å². The quantitative estimate of drug-likeness (QED) is 0.866. The molecule has 3 unspecified atom stereocenters. The highest BCUT2D eigenvalue weighted by Gasteiger charge is 2.34. The first-order valence-corrected chi connectivity index (χ1v) is 8.87. The summed E-state index contributed by atoms with van der Waals surface area (Å²) in [5.74, 6) is 0.798. The zero-order valence-electron chi connectivity index (χ0n) is 12.9. The van der Waals surface area contributed by atoms with Crippen molar-refractivity contribution in [3.63, 3.8) is 0 Å².